The molecule has 0 aromatic heterocycles. The summed E-state index contributed by atoms with van der Waals surface area (Å²) < 4.78 is 31.8. The van der Waals surface area contributed by atoms with Gasteiger partial charge in [-0.15, -0.1) is 0 Å². The summed E-state index contributed by atoms with van der Waals surface area (Å²) in [6, 6.07) is 8.17. The van der Waals surface area contributed by atoms with Gasteiger partial charge in [0, 0.05) is 12.1 Å². The number of methoxy groups -OCH3 is 1. The normalized spacial score (nSPS) is 13.2. The summed E-state index contributed by atoms with van der Waals surface area (Å²) in [6.07, 6.45) is 1.76. The minimum atomic E-state index is -3.93. The molecule has 9 nitrogen and oxygen atoms in total. The minimum Gasteiger partial charge on any atom is -0.496 e. The summed E-state index contributed by atoms with van der Waals surface area (Å²) >= 11 is 0. The lowest BCUT2D eigenvalue weighted by atomic mass is 10.0. The highest BCUT2D eigenvalue weighted by Crippen LogP contribution is 2.31. The van der Waals surface area contributed by atoms with Crippen molar-refractivity contribution in [2.75, 3.05) is 17.7 Å². The molecule has 0 fully saturated rings. The average molecular weight is 478 g/mol. The maximum atomic E-state index is 13.3. The molecule has 180 valence electrons. The Kier molecular flexibility index (Phi) is 8.43. The van der Waals surface area contributed by atoms with E-state index in [1.807, 2.05) is 32.0 Å². The standard InChI is InChI=1S/C23H31N3O6S/c1-7-19(17-10-12-22(32-5)16(4)13-17)24-23(27)20(8-2)25(33(6,30)31)21-14-18(26(28)29)11-9-15(21)3/h9-14,19-20H,7-8H2,1-6H3,(H,24,27)/t19-,20-/m1/s1. The quantitative estimate of drug-likeness (QED) is 0.408. The fourth-order valence-corrected chi connectivity index (χ4v) is 5.05. The first kappa shape index (κ1) is 26.1. The number of hydrogen-bond acceptors (Lipinski definition) is 6. The van der Waals surface area contributed by atoms with Crippen molar-refractivity contribution in [3.05, 3.63) is 63.2 Å². The van der Waals surface area contributed by atoms with Crippen molar-refractivity contribution in [1.29, 1.82) is 0 Å². The van der Waals surface area contributed by atoms with Crippen molar-refractivity contribution in [3.8, 4) is 5.75 Å². The number of ether oxygens (including phenoxy) is 1. The van der Waals surface area contributed by atoms with E-state index in [0.29, 0.717) is 12.0 Å². The Labute approximate surface area is 195 Å². The summed E-state index contributed by atoms with van der Waals surface area (Å²) in [5, 5.41) is 14.2. The van der Waals surface area contributed by atoms with E-state index in [1.54, 1.807) is 21.0 Å². The molecule has 0 bridgehead atoms. The Morgan fingerprint density at radius 2 is 1.79 bits per heavy atom. The first-order valence-electron chi connectivity index (χ1n) is 10.6. The molecular weight excluding hydrogens is 446 g/mol. The zero-order valence-corrected chi connectivity index (χ0v) is 20.6. The average Bonchev–Trinajstić information content (AvgIpc) is 2.75. The molecule has 33 heavy (non-hydrogen) atoms. The molecule has 2 aromatic rings. The predicted molar refractivity (Wildman–Crippen MR) is 128 cm³/mol. The third-order valence-corrected chi connectivity index (χ3v) is 6.68. The second-order valence-electron chi connectivity index (χ2n) is 7.91. The number of carbonyl (C=O) groups excluding carboxylic acids is 1. The van der Waals surface area contributed by atoms with Crippen LogP contribution in [0.5, 0.6) is 5.75 Å². The van der Waals surface area contributed by atoms with Crippen molar-refractivity contribution in [2.24, 2.45) is 0 Å². The van der Waals surface area contributed by atoms with Gasteiger partial charge in [0.1, 0.15) is 11.8 Å². The zero-order chi connectivity index (χ0) is 24.9. The number of non-ortho nitro benzene ring substituents is 1. The number of nitro groups is 1. The van der Waals surface area contributed by atoms with Crippen LogP contribution in [0.15, 0.2) is 36.4 Å². The van der Waals surface area contributed by atoms with E-state index >= 15 is 0 Å². The van der Waals surface area contributed by atoms with Crippen LogP contribution in [0.2, 0.25) is 0 Å². The van der Waals surface area contributed by atoms with Gasteiger partial charge in [-0.3, -0.25) is 19.2 Å². The summed E-state index contributed by atoms with van der Waals surface area (Å²) in [7, 11) is -2.34. The highest BCUT2D eigenvalue weighted by Gasteiger charge is 2.34. The fourth-order valence-electron chi connectivity index (χ4n) is 3.79. The van der Waals surface area contributed by atoms with Crippen molar-refractivity contribution in [2.45, 2.75) is 52.6 Å². The van der Waals surface area contributed by atoms with Crippen LogP contribution in [0, 0.1) is 24.0 Å². The number of amides is 1. The SMILES string of the molecule is CC[C@H](C(=O)N[C@H](CC)c1ccc(OC)c(C)c1)N(c1cc([N+](=O)[O-])ccc1C)S(C)(=O)=O. The lowest BCUT2D eigenvalue weighted by molar-refractivity contribution is -0.384. The summed E-state index contributed by atoms with van der Waals surface area (Å²) in [5.41, 5.74) is 2.16. The van der Waals surface area contributed by atoms with Crippen LogP contribution < -0.4 is 14.4 Å². The molecule has 0 heterocycles. The molecule has 0 spiro atoms. The number of nitrogens with one attached hydrogen (secondary N) is 1. The van der Waals surface area contributed by atoms with Crippen LogP contribution in [0.3, 0.4) is 0 Å². The molecule has 1 amide bonds. The molecule has 0 aliphatic carbocycles. The van der Waals surface area contributed by atoms with Gasteiger partial charge in [-0.1, -0.05) is 32.0 Å². The Morgan fingerprint density at radius 3 is 2.27 bits per heavy atom. The summed E-state index contributed by atoms with van der Waals surface area (Å²) in [5.74, 6) is 0.255. The number of hydrogen-bond donors (Lipinski definition) is 1. The molecule has 0 unspecified atom stereocenters. The monoisotopic (exact) mass is 477 g/mol. The van der Waals surface area contributed by atoms with Crippen LogP contribution in [0.1, 0.15) is 49.4 Å². The molecule has 0 aliphatic rings. The predicted octanol–water partition coefficient (Wildman–Crippen LogP) is 4.03. The summed E-state index contributed by atoms with van der Waals surface area (Å²) in [4.78, 5) is 24.0. The molecule has 2 atom stereocenters. The number of benzene rings is 2. The van der Waals surface area contributed by atoms with E-state index in [1.165, 1.54) is 18.2 Å². The molecule has 2 rings (SSSR count). The minimum absolute atomic E-state index is 0.113. The molecule has 0 radical (unpaired) electrons. The highest BCUT2D eigenvalue weighted by molar-refractivity contribution is 7.92. The highest BCUT2D eigenvalue weighted by atomic mass is 32.2. The van der Waals surface area contributed by atoms with Gasteiger partial charge in [0.25, 0.3) is 5.69 Å². The van der Waals surface area contributed by atoms with Gasteiger partial charge in [-0.25, -0.2) is 8.42 Å². The number of rotatable bonds is 10. The Hall–Kier alpha value is -3.14. The van der Waals surface area contributed by atoms with Gasteiger partial charge in [-0.2, -0.15) is 0 Å². The number of nitrogens with zero attached hydrogens (tertiary/aromatic N) is 2. The summed E-state index contributed by atoms with van der Waals surface area (Å²) in [6.45, 7) is 7.18. The van der Waals surface area contributed by atoms with E-state index in [4.69, 9.17) is 4.74 Å². The van der Waals surface area contributed by atoms with Gasteiger partial charge >= 0.3 is 0 Å². The van der Waals surface area contributed by atoms with Crippen LogP contribution in [-0.2, 0) is 14.8 Å². The van der Waals surface area contributed by atoms with Crippen LogP contribution in [0.25, 0.3) is 0 Å². The molecule has 1 N–H and O–H groups in total. The van der Waals surface area contributed by atoms with Crippen molar-refractivity contribution >= 4 is 27.3 Å². The maximum Gasteiger partial charge on any atom is 0.271 e. The first-order chi connectivity index (χ1) is 15.4. The van der Waals surface area contributed by atoms with Gasteiger partial charge < -0.3 is 10.1 Å². The molecule has 0 saturated heterocycles. The van der Waals surface area contributed by atoms with Gasteiger partial charge in [-0.05, 0) is 49.4 Å². The van der Waals surface area contributed by atoms with E-state index in [2.05, 4.69) is 5.32 Å². The van der Waals surface area contributed by atoms with E-state index in [-0.39, 0.29) is 23.8 Å². The van der Waals surface area contributed by atoms with E-state index in [9.17, 15) is 23.3 Å². The second-order valence-corrected chi connectivity index (χ2v) is 9.77. The number of nitro benzene ring substituents is 1. The molecule has 0 aliphatic heterocycles. The largest absolute Gasteiger partial charge is 0.496 e. The van der Waals surface area contributed by atoms with Crippen LogP contribution in [0.4, 0.5) is 11.4 Å². The van der Waals surface area contributed by atoms with Crippen LogP contribution in [-0.4, -0.2) is 38.7 Å². The van der Waals surface area contributed by atoms with Crippen molar-refractivity contribution in [3.63, 3.8) is 0 Å². The lowest BCUT2D eigenvalue weighted by Crippen LogP contribution is -2.50. The van der Waals surface area contributed by atoms with Crippen LogP contribution >= 0.6 is 0 Å². The van der Waals surface area contributed by atoms with E-state index < -0.39 is 26.9 Å². The third kappa shape index (κ3) is 6.01. The second kappa shape index (κ2) is 10.7. The molecule has 0 saturated carbocycles. The zero-order valence-electron chi connectivity index (χ0n) is 19.8. The first-order valence-corrected chi connectivity index (χ1v) is 12.5. The van der Waals surface area contributed by atoms with Crippen molar-refractivity contribution in [1.82, 2.24) is 5.32 Å². The van der Waals surface area contributed by atoms with Gasteiger partial charge in [0.2, 0.25) is 15.9 Å². The van der Waals surface area contributed by atoms with Gasteiger partial charge in [0.15, 0.2) is 0 Å². The Balaban J connectivity index is 2.46. The van der Waals surface area contributed by atoms with Gasteiger partial charge in [0.05, 0.1) is 30.0 Å². The molecule has 10 heteroatoms. The number of carbonyl (C=O) groups is 1. The Morgan fingerprint density at radius 1 is 1.12 bits per heavy atom. The number of anilines is 1. The maximum absolute atomic E-state index is 13.3. The lowest BCUT2D eigenvalue weighted by Gasteiger charge is -2.32. The molecule has 2 aromatic carbocycles. The third-order valence-electron chi connectivity index (χ3n) is 5.52. The number of sulfonamides is 1. The van der Waals surface area contributed by atoms with E-state index in [0.717, 1.165) is 27.4 Å². The smallest absolute Gasteiger partial charge is 0.271 e. The topological polar surface area (TPSA) is 119 Å². The number of aryl methyl sites for hydroxylation is 2. The Bertz CT molecular complexity index is 1130. The van der Waals surface area contributed by atoms with Crippen molar-refractivity contribution < 1.29 is 22.9 Å². The fraction of sp³-hybridized carbons (Fsp3) is 0.435. The molecular formula is C23H31N3O6S.